The lowest BCUT2D eigenvalue weighted by atomic mass is 10.0. The zero-order valence-electron chi connectivity index (χ0n) is 20.0. The molecule has 6 heteroatoms. The Hall–Kier alpha value is -1.40. The lowest BCUT2D eigenvalue weighted by Crippen LogP contribution is -2.26. The summed E-state index contributed by atoms with van der Waals surface area (Å²) in [6.07, 6.45) is 21.9. The first-order valence-corrected chi connectivity index (χ1v) is 12.7. The number of carbonyl (C=O) groups is 1. The number of nitrogens with one attached hydrogen (secondary N) is 1. The summed E-state index contributed by atoms with van der Waals surface area (Å²) >= 11 is 0. The number of aliphatic hydroxyl groups excluding tert-OH is 1. The maximum absolute atomic E-state index is 12.1. The van der Waals surface area contributed by atoms with Crippen molar-refractivity contribution in [3.63, 3.8) is 0 Å². The highest BCUT2D eigenvalue weighted by molar-refractivity contribution is 5.91. The fourth-order valence-electron chi connectivity index (χ4n) is 3.72. The second-order valence-electron chi connectivity index (χ2n) is 8.90. The van der Waals surface area contributed by atoms with E-state index in [4.69, 9.17) is 10.2 Å². The molecule has 0 saturated carbocycles. The summed E-state index contributed by atoms with van der Waals surface area (Å²) in [6.45, 7) is 4.48. The minimum Gasteiger partial charge on any atom is -0.446 e. The summed E-state index contributed by atoms with van der Waals surface area (Å²) in [7, 11) is 0. The van der Waals surface area contributed by atoms with Gasteiger partial charge >= 0.3 is 0 Å². The number of aromatic nitrogens is 1. The second kappa shape index (κ2) is 18.2. The molecule has 0 saturated heterocycles. The van der Waals surface area contributed by atoms with Crippen molar-refractivity contribution in [1.29, 1.82) is 0 Å². The van der Waals surface area contributed by atoms with Crippen LogP contribution in [0.4, 0.5) is 0 Å². The van der Waals surface area contributed by atoms with Crippen LogP contribution in [0.1, 0.15) is 139 Å². The smallest absolute Gasteiger partial charge is 0.273 e. The zero-order chi connectivity index (χ0) is 22.7. The lowest BCUT2D eigenvalue weighted by molar-refractivity contribution is 0.0947. The third-order valence-electron chi connectivity index (χ3n) is 5.88. The van der Waals surface area contributed by atoms with Crippen molar-refractivity contribution in [3.05, 3.63) is 17.8 Å². The molecule has 0 aliphatic carbocycles. The average Bonchev–Trinajstić information content (AvgIpc) is 3.25. The molecule has 31 heavy (non-hydrogen) atoms. The monoisotopic (exact) mass is 437 g/mol. The Balaban J connectivity index is 1.88. The van der Waals surface area contributed by atoms with E-state index in [9.17, 15) is 9.90 Å². The Labute approximate surface area is 189 Å². The Bertz CT molecular complexity index is 560. The molecule has 180 valence electrons. The van der Waals surface area contributed by atoms with Crippen LogP contribution in [0.3, 0.4) is 0 Å². The van der Waals surface area contributed by atoms with Gasteiger partial charge in [-0.15, -0.1) is 0 Å². The molecule has 1 heterocycles. The number of aliphatic hydroxyl groups is 1. The molecule has 0 aliphatic heterocycles. The first kappa shape index (κ1) is 27.6. The van der Waals surface area contributed by atoms with Gasteiger partial charge in [-0.1, -0.05) is 103 Å². The molecule has 6 nitrogen and oxygen atoms in total. The number of nitrogens with two attached hydrogens (primary N) is 1. The number of amides is 1. The van der Waals surface area contributed by atoms with Crippen LogP contribution in [0.2, 0.25) is 0 Å². The van der Waals surface area contributed by atoms with E-state index < -0.39 is 12.1 Å². The van der Waals surface area contributed by atoms with Gasteiger partial charge in [0.2, 0.25) is 5.89 Å². The third-order valence-corrected chi connectivity index (χ3v) is 5.88. The molecule has 0 radical (unpaired) electrons. The number of oxazole rings is 1. The minimum absolute atomic E-state index is 0.183. The lowest BCUT2D eigenvalue weighted by Gasteiger charge is -2.09. The molecule has 2 unspecified atom stereocenters. The predicted molar refractivity (Wildman–Crippen MR) is 127 cm³/mol. The molecular formula is C25H47N3O3. The molecular weight excluding hydrogens is 390 g/mol. The molecule has 0 aliphatic rings. The maximum atomic E-state index is 12.1. The molecule has 0 aromatic carbocycles. The molecule has 1 aromatic rings. The summed E-state index contributed by atoms with van der Waals surface area (Å²) in [5.74, 6) is -0.0729. The van der Waals surface area contributed by atoms with E-state index in [2.05, 4.69) is 17.2 Å². The van der Waals surface area contributed by atoms with E-state index in [1.54, 1.807) is 6.92 Å². The fraction of sp³-hybridized carbons (Fsp3) is 0.840. The van der Waals surface area contributed by atoms with E-state index in [1.807, 2.05) is 0 Å². The molecule has 1 rings (SSSR count). The van der Waals surface area contributed by atoms with Crippen molar-refractivity contribution in [1.82, 2.24) is 10.3 Å². The van der Waals surface area contributed by atoms with Gasteiger partial charge in [-0.25, -0.2) is 4.98 Å². The number of unbranched alkanes of at least 4 members (excludes halogenated alkanes) is 15. The molecule has 1 amide bonds. The minimum atomic E-state index is -0.778. The van der Waals surface area contributed by atoms with Crippen LogP contribution in [0.15, 0.2) is 10.7 Å². The summed E-state index contributed by atoms with van der Waals surface area (Å²) in [6, 6.07) is -0.720. The highest BCUT2D eigenvalue weighted by atomic mass is 16.3. The van der Waals surface area contributed by atoms with E-state index in [1.165, 1.54) is 96.2 Å². The molecule has 2 atom stereocenters. The Morgan fingerprint density at radius 1 is 0.935 bits per heavy atom. The SMILES string of the molecule is CCCCCCCCCCCCCCCCCCNC(=O)c1coc(C(N)C(C)O)n1. The van der Waals surface area contributed by atoms with Gasteiger partial charge in [0, 0.05) is 6.54 Å². The van der Waals surface area contributed by atoms with Gasteiger partial charge < -0.3 is 20.6 Å². The first-order chi connectivity index (χ1) is 15.1. The van der Waals surface area contributed by atoms with Crippen LogP contribution in [-0.4, -0.2) is 28.6 Å². The van der Waals surface area contributed by atoms with Crippen LogP contribution >= 0.6 is 0 Å². The van der Waals surface area contributed by atoms with Gasteiger partial charge in [0.05, 0.1) is 6.10 Å². The summed E-state index contributed by atoms with van der Waals surface area (Å²) < 4.78 is 5.19. The summed E-state index contributed by atoms with van der Waals surface area (Å²) in [5, 5.41) is 12.3. The largest absolute Gasteiger partial charge is 0.446 e. The molecule has 0 spiro atoms. The number of carbonyl (C=O) groups excluding carboxylic acids is 1. The van der Waals surface area contributed by atoms with Crippen LogP contribution in [0.25, 0.3) is 0 Å². The van der Waals surface area contributed by atoms with Gasteiger partial charge in [-0.05, 0) is 13.3 Å². The normalized spacial score (nSPS) is 13.3. The number of hydrogen-bond acceptors (Lipinski definition) is 5. The number of nitrogens with zero attached hydrogens (tertiary/aromatic N) is 1. The van der Waals surface area contributed by atoms with Crippen LogP contribution < -0.4 is 11.1 Å². The van der Waals surface area contributed by atoms with Crippen molar-refractivity contribution < 1.29 is 14.3 Å². The Kier molecular flexibility index (Phi) is 16.2. The van der Waals surface area contributed by atoms with Crippen molar-refractivity contribution in [2.24, 2.45) is 5.73 Å². The molecule has 0 fully saturated rings. The van der Waals surface area contributed by atoms with E-state index in [0.29, 0.717) is 6.54 Å². The maximum Gasteiger partial charge on any atom is 0.273 e. The Morgan fingerprint density at radius 2 is 1.39 bits per heavy atom. The zero-order valence-corrected chi connectivity index (χ0v) is 20.0. The van der Waals surface area contributed by atoms with Crippen molar-refractivity contribution in [2.75, 3.05) is 6.54 Å². The fourth-order valence-corrected chi connectivity index (χ4v) is 3.72. The molecule has 1 aromatic heterocycles. The average molecular weight is 438 g/mol. The van der Waals surface area contributed by atoms with E-state index in [-0.39, 0.29) is 17.5 Å². The van der Waals surface area contributed by atoms with Gasteiger partial charge in [-0.3, -0.25) is 4.79 Å². The molecule has 0 bridgehead atoms. The third kappa shape index (κ3) is 13.6. The van der Waals surface area contributed by atoms with Gasteiger partial charge in [-0.2, -0.15) is 0 Å². The summed E-state index contributed by atoms with van der Waals surface area (Å²) in [5.41, 5.74) is 5.97. The van der Waals surface area contributed by atoms with E-state index >= 15 is 0 Å². The number of hydrogen-bond donors (Lipinski definition) is 3. The Morgan fingerprint density at radius 3 is 1.84 bits per heavy atom. The quantitative estimate of drug-likeness (QED) is 0.216. The second-order valence-corrected chi connectivity index (χ2v) is 8.90. The predicted octanol–water partition coefficient (Wildman–Crippen LogP) is 6.05. The van der Waals surface area contributed by atoms with Crippen molar-refractivity contribution in [2.45, 2.75) is 129 Å². The summed E-state index contributed by atoms with van der Waals surface area (Å²) in [4.78, 5) is 16.1. The topological polar surface area (TPSA) is 101 Å². The molecule has 4 N–H and O–H groups in total. The van der Waals surface area contributed by atoms with Crippen molar-refractivity contribution in [3.8, 4) is 0 Å². The van der Waals surface area contributed by atoms with Gasteiger partial charge in [0.1, 0.15) is 12.3 Å². The van der Waals surface area contributed by atoms with Crippen molar-refractivity contribution >= 4 is 5.91 Å². The van der Waals surface area contributed by atoms with Gasteiger partial charge in [0.15, 0.2) is 5.69 Å². The first-order valence-electron chi connectivity index (χ1n) is 12.7. The van der Waals surface area contributed by atoms with Crippen LogP contribution in [0.5, 0.6) is 0 Å². The van der Waals surface area contributed by atoms with Crippen LogP contribution in [0, 0.1) is 0 Å². The number of rotatable bonds is 20. The van der Waals surface area contributed by atoms with E-state index in [0.717, 1.165) is 12.8 Å². The standard InChI is InChI=1S/C25H47N3O3/c1-3-4-5-6-7-8-9-10-11-12-13-14-15-16-17-18-19-27-24(30)22-20-31-25(28-22)23(26)21(2)29/h20-21,23,29H,3-19,26H2,1-2H3,(H,27,30). The van der Waals surface area contributed by atoms with Gasteiger partial charge in [0.25, 0.3) is 5.91 Å². The van der Waals surface area contributed by atoms with Crippen LogP contribution in [-0.2, 0) is 0 Å². The highest BCUT2D eigenvalue weighted by Crippen LogP contribution is 2.15. The highest BCUT2D eigenvalue weighted by Gasteiger charge is 2.20.